The number of rotatable bonds is 7. The molecule has 0 atom stereocenters. The number of halogens is 1. The summed E-state index contributed by atoms with van der Waals surface area (Å²) in [6.45, 7) is 8.27. The second-order valence-corrected chi connectivity index (χ2v) is 8.53. The van der Waals surface area contributed by atoms with Crippen LogP contribution >= 0.6 is 0 Å². The highest BCUT2D eigenvalue weighted by Gasteiger charge is 2.56. The molecule has 0 unspecified atom stereocenters. The number of hydrogen-bond acceptors (Lipinski definition) is 6. The van der Waals surface area contributed by atoms with Crippen molar-refractivity contribution in [1.82, 2.24) is 4.98 Å². The fourth-order valence-electron chi connectivity index (χ4n) is 4.65. The minimum atomic E-state index is -0.764. The summed E-state index contributed by atoms with van der Waals surface area (Å²) in [6.07, 6.45) is 3.23. The molecule has 3 aromatic rings. The number of nitrogens with zero attached hydrogens (tertiary/aromatic N) is 3. The van der Waals surface area contributed by atoms with Crippen LogP contribution in [0.15, 0.2) is 54.7 Å². The van der Waals surface area contributed by atoms with Crippen LogP contribution < -0.4 is 14.4 Å². The molecular weight excluding hydrogens is 489 g/mol. The summed E-state index contributed by atoms with van der Waals surface area (Å²) in [5.41, 5.74) is 1.64. The molecule has 38 heavy (non-hydrogen) atoms. The number of non-ortho nitro benzene ring substituents is 1. The molecule has 1 aliphatic heterocycles. The third-order valence-corrected chi connectivity index (χ3v) is 6.58. The number of carbonyl (C=O) groups is 1. The Kier molecular flexibility index (Phi) is 9.39. The minimum Gasteiger partial charge on any atom is -0.497 e. The Bertz CT molecular complexity index is 1260. The van der Waals surface area contributed by atoms with Crippen molar-refractivity contribution in [3.63, 3.8) is 0 Å². The Hall–Kier alpha value is -4.01. The van der Waals surface area contributed by atoms with E-state index in [1.807, 2.05) is 52.0 Å². The van der Waals surface area contributed by atoms with Crippen molar-refractivity contribution in [2.45, 2.75) is 65.5 Å². The Morgan fingerprint density at radius 2 is 1.76 bits per heavy atom. The number of amides is 1. The van der Waals surface area contributed by atoms with Crippen LogP contribution in [0.1, 0.15) is 63.8 Å². The van der Waals surface area contributed by atoms with Crippen LogP contribution in [0, 0.1) is 15.9 Å². The van der Waals surface area contributed by atoms with Crippen LogP contribution in [0.2, 0.25) is 0 Å². The molecule has 2 aliphatic rings. The third-order valence-electron chi connectivity index (χ3n) is 6.58. The van der Waals surface area contributed by atoms with Gasteiger partial charge in [-0.25, -0.2) is 4.39 Å². The smallest absolute Gasteiger partial charge is 0.273 e. The summed E-state index contributed by atoms with van der Waals surface area (Å²) >= 11 is 0. The van der Waals surface area contributed by atoms with E-state index < -0.39 is 16.2 Å². The second-order valence-electron chi connectivity index (χ2n) is 8.53. The van der Waals surface area contributed by atoms with Crippen LogP contribution in [0.4, 0.5) is 15.8 Å². The highest BCUT2D eigenvalue weighted by atomic mass is 19.1. The van der Waals surface area contributed by atoms with Crippen molar-refractivity contribution in [3.8, 4) is 11.5 Å². The molecule has 1 aliphatic carbocycles. The van der Waals surface area contributed by atoms with Gasteiger partial charge >= 0.3 is 0 Å². The van der Waals surface area contributed by atoms with E-state index in [0.717, 1.165) is 18.2 Å². The van der Waals surface area contributed by atoms with Gasteiger partial charge in [-0.2, -0.15) is 0 Å². The summed E-state index contributed by atoms with van der Waals surface area (Å²) in [5, 5.41) is 11.7. The Morgan fingerprint density at radius 1 is 1.08 bits per heavy atom. The van der Waals surface area contributed by atoms with Crippen molar-refractivity contribution in [3.05, 3.63) is 87.5 Å². The van der Waals surface area contributed by atoms with E-state index in [1.54, 1.807) is 12.0 Å². The molecule has 9 heteroatoms. The lowest BCUT2D eigenvalue weighted by Crippen LogP contribution is -2.44. The Morgan fingerprint density at radius 3 is 2.29 bits per heavy atom. The first-order chi connectivity index (χ1) is 18.4. The first-order valence-corrected chi connectivity index (χ1v) is 12.9. The van der Waals surface area contributed by atoms with E-state index in [4.69, 9.17) is 9.47 Å². The zero-order chi connectivity index (χ0) is 27.9. The molecule has 2 heterocycles. The summed E-state index contributed by atoms with van der Waals surface area (Å²) in [6, 6.07) is 13.0. The number of hydrogen-bond donors (Lipinski definition) is 0. The Labute approximate surface area is 222 Å². The van der Waals surface area contributed by atoms with Gasteiger partial charge in [0.2, 0.25) is 5.91 Å². The standard InChI is InChI=1S/C25H22FN3O5.2C2H6/c1-33-20-7-3-16(4-8-20)14-28-23-21(25(24(28)30)9-2-10-25)11-19(29(31)32)12-22(23)34-15-18-6-5-17(26)13-27-18;2*1-2/h3-8,11-13H,2,9-10,14-15H2,1H3;2*1-2H3. The maximum atomic E-state index is 13.7. The molecule has 1 saturated carbocycles. The fourth-order valence-corrected chi connectivity index (χ4v) is 4.65. The van der Waals surface area contributed by atoms with E-state index >= 15 is 0 Å². The lowest BCUT2D eigenvalue weighted by atomic mass is 9.65. The number of fused-ring (bicyclic) bond motifs is 2. The second kappa shape index (κ2) is 12.5. The molecule has 8 nitrogen and oxygen atoms in total. The van der Waals surface area contributed by atoms with E-state index in [9.17, 15) is 19.3 Å². The van der Waals surface area contributed by atoms with Crippen molar-refractivity contribution in [1.29, 1.82) is 0 Å². The van der Waals surface area contributed by atoms with Gasteiger partial charge in [-0.15, -0.1) is 0 Å². The molecule has 0 N–H and O–H groups in total. The highest BCUT2D eigenvalue weighted by Crippen LogP contribution is 2.57. The number of benzene rings is 2. The highest BCUT2D eigenvalue weighted by molar-refractivity contribution is 6.10. The molecule has 1 spiro atoms. The van der Waals surface area contributed by atoms with E-state index in [1.165, 1.54) is 24.3 Å². The summed E-state index contributed by atoms with van der Waals surface area (Å²) in [7, 11) is 1.59. The molecule has 0 saturated heterocycles. The molecule has 5 rings (SSSR count). The predicted octanol–water partition coefficient (Wildman–Crippen LogP) is 6.74. The van der Waals surface area contributed by atoms with Crippen molar-refractivity contribution in [2.75, 3.05) is 12.0 Å². The lowest BCUT2D eigenvalue weighted by Gasteiger charge is -2.36. The predicted molar refractivity (Wildman–Crippen MR) is 144 cm³/mol. The number of nitro benzene ring substituents is 1. The van der Waals surface area contributed by atoms with Crippen LogP contribution in [-0.2, 0) is 23.4 Å². The average Bonchev–Trinajstić information content (AvgIpc) is 3.18. The summed E-state index contributed by atoms with van der Waals surface area (Å²) in [5.74, 6) is 0.401. The zero-order valence-corrected chi connectivity index (χ0v) is 22.5. The van der Waals surface area contributed by atoms with Crippen LogP contribution in [0.3, 0.4) is 0 Å². The average molecular weight is 524 g/mol. The van der Waals surface area contributed by atoms with Crippen molar-refractivity contribution < 1.29 is 23.6 Å². The Balaban J connectivity index is 0.000000956. The molecular formula is C29H34FN3O5. The van der Waals surface area contributed by atoms with Gasteiger partial charge in [0, 0.05) is 11.6 Å². The van der Waals surface area contributed by atoms with Gasteiger partial charge in [0.1, 0.15) is 18.2 Å². The maximum Gasteiger partial charge on any atom is 0.273 e. The molecule has 202 valence electrons. The van der Waals surface area contributed by atoms with Gasteiger partial charge in [-0.3, -0.25) is 19.9 Å². The van der Waals surface area contributed by atoms with Gasteiger partial charge in [0.15, 0.2) is 5.75 Å². The molecule has 0 radical (unpaired) electrons. The van der Waals surface area contributed by atoms with Crippen molar-refractivity contribution >= 4 is 17.3 Å². The summed E-state index contributed by atoms with van der Waals surface area (Å²) < 4.78 is 24.4. The van der Waals surface area contributed by atoms with Crippen LogP contribution in [0.5, 0.6) is 11.5 Å². The van der Waals surface area contributed by atoms with Crippen LogP contribution in [0.25, 0.3) is 0 Å². The van der Waals surface area contributed by atoms with Gasteiger partial charge in [0.05, 0.1) is 47.6 Å². The fraction of sp³-hybridized carbons (Fsp3) is 0.379. The number of pyridine rings is 1. The van der Waals surface area contributed by atoms with E-state index in [2.05, 4.69) is 4.98 Å². The van der Waals surface area contributed by atoms with Gasteiger partial charge < -0.3 is 14.4 Å². The quantitative estimate of drug-likeness (QED) is 0.251. The number of anilines is 1. The van der Waals surface area contributed by atoms with Gasteiger partial charge in [0.25, 0.3) is 5.69 Å². The molecule has 2 aromatic carbocycles. The van der Waals surface area contributed by atoms with Gasteiger partial charge in [-0.05, 0) is 42.7 Å². The number of carbonyl (C=O) groups excluding carboxylic acids is 1. The molecule has 0 bridgehead atoms. The lowest BCUT2D eigenvalue weighted by molar-refractivity contribution is -0.385. The number of methoxy groups -OCH3 is 1. The molecule has 1 fully saturated rings. The maximum absolute atomic E-state index is 13.7. The zero-order valence-electron chi connectivity index (χ0n) is 22.5. The summed E-state index contributed by atoms with van der Waals surface area (Å²) in [4.78, 5) is 30.5. The molecule has 1 aromatic heterocycles. The number of ether oxygens (including phenoxy) is 2. The minimum absolute atomic E-state index is 0.0224. The number of nitro groups is 1. The monoisotopic (exact) mass is 523 g/mol. The SMILES string of the molecule is CC.CC.COc1ccc(CN2C(=O)C3(CCC3)c3cc([N+](=O)[O-])cc(OCc4ccc(F)cn4)c32)cc1. The normalized spacial score (nSPS) is 14.4. The largest absolute Gasteiger partial charge is 0.497 e. The van der Waals surface area contributed by atoms with Crippen molar-refractivity contribution in [2.24, 2.45) is 0 Å². The number of aromatic nitrogens is 1. The topological polar surface area (TPSA) is 94.8 Å². The molecule has 1 amide bonds. The van der Waals surface area contributed by atoms with E-state index in [0.29, 0.717) is 42.1 Å². The third kappa shape index (κ3) is 5.46. The first-order valence-electron chi connectivity index (χ1n) is 12.9. The first kappa shape index (κ1) is 28.6. The van der Waals surface area contributed by atoms with E-state index in [-0.39, 0.29) is 24.0 Å². The van der Waals surface area contributed by atoms with Crippen LogP contribution in [-0.4, -0.2) is 22.9 Å². The van der Waals surface area contributed by atoms with Gasteiger partial charge in [-0.1, -0.05) is 46.2 Å².